The van der Waals surface area contributed by atoms with Crippen LogP contribution in [0.2, 0.25) is 5.02 Å². The molecule has 0 amide bonds. The molecule has 2 aromatic rings. The predicted octanol–water partition coefficient (Wildman–Crippen LogP) is 4.31. The van der Waals surface area contributed by atoms with Gasteiger partial charge in [-0.3, -0.25) is 0 Å². The monoisotopic (exact) mass is 367 g/mol. The first-order valence-corrected chi connectivity index (χ1v) is 9.62. The van der Waals surface area contributed by atoms with Gasteiger partial charge >= 0.3 is 0 Å². The van der Waals surface area contributed by atoms with Crippen LogP contribution in [0.1, 0.15) is 36.4 Å². The van der Waals surface area contributed by atoms with Crippen LogP contribution in [-0.4, -0.2) is 41.5 Å². The maximum absolute atomic E-state index is 6.60. The highest BCUT2D eigenvalue weighted by Crippen LogP contribution is 2.49. The molecule has 0 radical (unpaired) electrons. The zero-order valence-corrected chi connectivity index (χ0v) is 15.6. The van der Waals surface area contributed by atoms with Crippen LogP contribution < -0.4 is 4.74 Å². The van der Waals surface area contributed by atoms with E-state index in [0.29, 0.717) is 0 Å². The van der Waals surface area contributed by atoms with E-state index >= 15 is 0 Å². The van der Waals surface area contributed by atoms with Crippen LogP contribution in [0.15, 0.2) is 53.6 Å². The van der Waals surface area contributed by atoms with Crippen molar-refractivity contribution in [1.82, 2.24) is 9.91 Å². The smallest absolute Gasteiger partial charge is 0.200 e. The molecule has 1 atom stereocenters. The van der Waals surface area contributed by atoms with Gasteiger partial charge in [-0.25, -0.2) is 5.01 Å². The largest absolute Gasteiger partial charge is 0.466 e. The zero-order chi connectivity index (χ0) is 17.7. The van der Waals surface area contributed by atoms with Crippen molar-refractivity contribution in [2.24, 2.45) is 5.10 Å². The molecule has 0 aromatic heterocycles. The molecule has 0 aliphatic carbocycles. The second kappa shape index (κ2) is 6.00. The number of hydrazone groups is 1. The lowest BCUT2D eigenvalue weighted by molar-refractivity contribution is -0.147. The number of ether oxygens (including phenoxy) is 1. The summed E-state index contributed by atoms with van der Waals surface area (Å²) in [6.07, 6.45) is 2.83. The van der Waals surface area contributed by atoms with Crippen LogP contribution in [0.4, 0.5) is 0 Å². The van der Waals surface area contributed by atoms with E-state index in [9.17, 15) is 0 Å². The molecule has 3 heterocycles. The number of hydrogen-bond acceptors (Lipinski definition) is 4. The minimum absolute atomic E-state index is 0.244. The van der Waals surface area contributed by atoms with Crippen LogP contribution in [0.3, 0.4) is 0 Å². The maximum Gasteiger partial charge on any atom is 0.200 e. The van der Waals surface area contributed by atoms with Crippen molar-refractivity contribution >= 4 is 17.3 Å². The first kappa shape index (κ1) is 16.2. The van der Waals surface area contributed by atoms with Gasteiger partial charge < -0.3 is 9.64 Å². The fraction of sp³-hybridized carbons (Fsp3) is 0.381. The van der Waals surface area contributed by atoms with Crippen molar-refractivity contribution in [2.75, 3.05) is 20.1 Å². The Hall–Kier alpha value is -2.04. The van der Waals surface area contributed by atoms with Crippen LogP contribution in [0.25, 0.3) is 0 Å². The highest BCUT2D eigenvalue weighted by atomic mass is 35.5. The van der Waals surface area contributed by atoms with Crippen molar-refractivity contribution in [3.8, 4) is 5.75 Å². The molecule has 1 fully saturated rings. The lowest BCUT2D eigenvalue weighted by Gasteiger charge is -2.50. The number of likely N-dealkylation sites (tertiary alicyclic amines) is 1. The molecule has 0 unspecified atom stereocenters. The molecule has 3 aliphatic heterocycles. The first-order chi connectivity index (χ1) is 12.6. The van der Waals surface area contributed by atoms with Gasteiger partial charge in [0, 0.05) is 42.9 Å². The van der Waals surface area contributed by atoms with Crippen molar-refractivity contribution < 1.29 is 4.74 Å². The van der Waals surface area contributed by atoms with Crippen molar-refractivity contribution in [1.29, 1.82) is 0 Å². The van der Waals surface area contributed by atoms with E-state index in [1.165, 1.54) is 5.56 Å². The third kappa shape index (κ3) is 2.51. The van der Waals surface area contributed by atoms with E-state index in [4.69, 9.17) is 21.4 Å². The third-order valence-corrected chi connectivity index (χ3v) is 6.10. The Kier molecular flexibility index (Phi) is 3.73. The van der Waals surface area contributed by atoms with Gasteiger partial charge in [-0.05, 0) is 30.8 Å². The average Bonchev–Trinajstić information content (AvgIpc) is 3.12. The number of nitrogens with zero attached hydrogens (tertiary/aromatic N) is 3. The predicted molar refractivity (Wildman–Crippen MR) is 104 cm³/mol. The number of fused-ring (bicyclic) bond motifs is 4. The van der Waals surface area contributed by atoms with Crippen LogP contribution in [-0.2, 0) is 0 Å². The molecule has 134 valence electrons. The van der Waals surface area contributed by atoms with E-state index in [1.54, 1.807) is 0 Å². The molecule has 5 heteroatoms. The number of hydrogen-bond donors (Lipinski definition) is 0. The highest BCUT2D eigenvalue weighted by Gasteiger charge is 2.51. The summed E-state index contributed by atoms with van der Waals surface area (Å²) in [4.78, 5) is 2.37. The van der Waals surface area contributed by atoms with Gasteiger partial charge in [0.05, 0.1) is 11.8 Å². The van der Waals surface area contributed by atoms with Crippen LogP contribution >= 0.6 is 11.6 Å². The molecule has 0 bridgehead atoms. The molecule has 1 spiro atoms. The minimum Gasteiger partial charge on any atom is -0.466 e. The van der Waals surface area contributed by atoms with Gasteiger partial charge in [0.15, 0.2) is 0 Å². The quantitative estimate of drug-likeness (QED) is 0.752. The average molecular weight is 368 g/mol. The molecule has 5 rings (SSSR count). The summed E-state index contributed by atoms with van der Waals surface area (Å²) < 4.78 is 6.60. The fourth-order valence-electron chi connectivity index (χ4n) is 4.34. The molecular weight excluding hydrogens is 346 g/mol. The summed E-state index contributed by atoms with van der Waals surface area (Å²) >= 11 is 6.06. The minimum atomic E-state index is -0.334. The Morgan fingerprint density at radius 1 is 1.08 bits per heavy atom. The molecule has 3 aliphatic rings. The van der Waals surface area contributed by atoms with Gasteiger partial charge in [0.25, 0.3) is 0 Å². The van der Waals surface area contributed by atoms with Crippen LogP contribution in [0.5, 0.6) is 5.75 Å². The van der Waals surface area contributed by atoms with Gasteiger partial charge in [0.2, 0.25) is 5.72 Å². The second-order valence-electron chi connectivity index (χ2n) is 7.51. The number of piperidine rings is 1. The lowest BCUT2D eigenvalue weighted by Crippen LogP contribution is -2.58. The Morgan fingerprint density at radius 3 is 2.58 bits per heavy atom. The highest BCUT2D eigenvalue weighted by molar-refractivity contribution is 6.30. The Labute approximate surface area is 159 Å². The van der Waals surface area contributed by atoms with E-state index in [1.807, 2.05) is 12.1 Å². The lowest BCUT2D eigenvalue weighted by atomic mass is 9.91. The molecular formula is C21H22ClN3O. The SMILES string of the molecule is CN1CCC2(CC1)Oc1ccccc1[C@H]1CC(c3ccc(Cl)cc3)=NN12. The van der Waals surface area contributed by atoms with E-state index in [2.05, 4.69) is 53.4 Å². The Bertz CT molecular complexity index is 856. The van der Waals surface area contributed by atoms with E-state index < -0.39 is 0 Å². The van der Waals surface area contributed by atoms with Gasteiger partial charge in [-0.2, -0.15) is 5.10 Å². The summed E-state index contributed by atoms with van der Waals surface area (Å²) in [7, 11) is 2.17. The van der Waals surface area contributed by atoms with Crippen molar-refractivity contribution in [3.05, 3.63) is 64.7 Å². The number of benzene rings is 2. The Morgan fingerprint density at radius 2 is 1.81 bits per heavy atom. The Balaban J connectivity index is 1.57. The molecule has 26 heavy (non-hydrogen) atoms. The van der Waals surface area contributed by atoms with Gasteiger partial charge in [0.1, 0.15) is 5.75 Å². The van der Waals surface area contributed by atoms with Gasteiger partial charge in [-0.15, -0.1) is 0 Å². The van der Waals surface area contributed by atoms with E-state index in [0.717, 1.165) is 54.4 Å². The first-order valence-electron chi connectivity index (χ1n) is 9.24. The summed E-state index contributed by atoms with van der Waals surface area (Å²) in [5.41, 5.74) is 3.17. The summed E-state index contributed by atoms with van der Waals surface area (Å²) in [5, 5.41) is 8.09. The standard InChI is InChI=1S/C21H22ClN3O/c1-24-12-10-21(11-13-24)25-19(17-4-2-3-5-20(17)26-21)14-18(23-25)15-6-8-16(22)9-7-15/h2-9,19H,10-14H2,1H3/t19-/m1/s1. The second-order valence-corrected chi connectivity index (χ2v) is 7.94. The molecule has 2 aromatic carbocycles. The van der Waals surface area contributed by atoms with Gasteiger partial charge in [-0.1, -0.05) is 41.9 Å². The van der Waals surface area contributed by atoms with Crippen molar-refractivity contribution in [2.45, 2.75) is 31.0 Å². The maximum atomic E-state index is 6.60. The summed E-state index contributed by atoms with van der Waals surface area (Å²) in [5.74, 6) is 1.02. The normalized spacial score (nSPS) is 24.0. The number of rotatable bonds is 1. The molecule has 0 N–H and O–H groups in total. The molecule has 0 saturated carbocycles. The number of halogens is 1. The van der Waals surface area contributed by atoms with Crippen molar-refractivity contribution in [3.63, 3.8) is 0 Å². The fourth-order valence-corrected chi connectivity index (χ4v) is 4.47. The van der Waals surface area contributed by atoms with Crippen LogP contribution in [0, 0.1) is 0 Å². The zero-order valence-electron chi connectivity index (χ0n) is 14.9. The molecule has 1 saturated heterocycles. The summed E-state index contributed by atoms with van der Waals surface area (Å²) in [6, 6.07) is 16.7. The summed E-state index contributed by atoms with van der Waals surface area (Å²) in [6.45, 7) is 2.05. The van der Waals surface area contributed by atoms with E-state index in [-0.39, 0.29) is 11.8 Å². The third-order valence-electron chi connectivity index (χ3n) is 5.85. The number of para-hydroxylation sites is 1. The topological polar surface area (TPSA) is 28.1 Å². The molecule has 4 nitrogen and oxygen atoms in total.